The first kappa shape index (κ1) is 21.5. The molecule has 1 heterocycles. The number of anilines is 1. The third-order valence-corrected chi connectivity index (χ3v) is 5.18. The molecule has 1 aromatic carbocycles. The number of rotatable bonds is 10. The molecule has 5 heteroatoms. The second kappa shape index (κ2) is 12.6. The summed E-state index contributed by atoms with van der Waals surface area (Å²) in [6.07, 6.45) is 4.83. The van der Waals surface area contributed by atoms with Gasteiger partial charge in [-0.15, -0.1) is 0 Å². The molecule has 1 aromatic rings. The number of piperazine rings is 1. The van der Waals surface area contributed by atoms with Gasteiger partial charge in [0.15, 0.2) is 5.96 Å². The molecule has 0 radical (unpaired) electrons. The Morgan fingerprint density at radius 1 is 1.04 bits per heavy atom. The zero-order valence-corrected chi connectivity index (χ0v) is 17.7. The monoisotopic (exact) mass is 373 g/mol. The number of nitrogens with zero attached hydrogens (tertiary/aromatic N) is 4. The molecular formula is C22H39N5. The Balaban J connectivity index is 1.63. The molecule has 2 rings (SSSR count). The van der Waals surface area contributed by atoms with E-state index >= 15 is 0 Å². The van der Waals surface area contributed by atoms with Crippen LogP contribution in [0.15, 0.2) is 35.3 Å². The molecule has 0 aliphatic carbocycles. The molecular weight excluding hydrogens is 334 g/mol. The van der Waals surface area contributed by atoms with E-state index in [2.05, 4.69) is 71.2 Å². The van der Waals surface area contributed by atoms with E-state index in [1.54, 1.807) is 0 Å². The molecule has 0 bridgehead atoms. The Kier molecular flexibility index (Phi) is 10.1. The standard InChI is InChI=1S/C22H39N5/c1-4-6-15-25(3)22(23-5-2)24-14-10-11-16-26-17-19-27(20-18-26)21-12-8-7-9-13-21/h7-9,12-13H,4-6,10-11,14-20H2,1-3H3,(H,23,24). The number of unbranched alkanes of at least 4 members (excludes halogenated alkanes) is 2. The second-order valence-electron chi connectivity index (χ2n) is 7.38. The zero-order valence-electron chi connectivity index (χ0n) is 17.7. The molecule has 152 valence electrons. The summed E-state index contributed by atoms with van der Waals surface area (Å²) in [7, 11) is 2.14. The number of para-hydroxylation sites is 1. The van der Waals surface area contributed by atoms with Crippen molar-refractivity contribution >= 4 is 11.6 Å². The summed E-state index contributed by atoms with van der Waals surface area (Å²) in [6.45, 7) is 13.1. The first-order chi connectivity index (χ1) is 13.2. The van der Waals surface area contributed by atoms with Gasteiger partial charge < -0.3 is 15.1 Å². The minimum absolute atomic E-state index is 0.919. The van der Waals surface area contributed by atoms with Crippen LogP contribution in [-0.2, 0) is 0 Å². The molecule has 0 aromatic heterocycles. The van der Waals surface area contributed by atoms with Crippen LogP contribution < -0.4 is 10.2 Å². The predicted octanol–water partition coefficient (Wildman–Crippen LogP) is 3.29. The summed E-state index contributed by atoms with van der Waals surface area (Å²) in [5.74, 6) is 1.06. The quantitative estimate of drug-likeness (QED) is 0.388. The van der Waals surface area contributed by atoms with Crippen LogP contribution in [0.3, 0.4) is 0 Å². The number of nitrogens with one attached hydrogen (secondary N) is 1. The van der Waals surface area contributed by atoms with Crippen LogP contribution in [0.1, 0.15) is 39.5 Å². The SMILES string of the molecule is CCCCN(C)C(=NCCCCN1CCN(c2ccccc2)CC1)NCC. The summed E-state index contributed by atoms with van der Waals surface area (Å²) in [6, 6.07) is 10.8. The van der Waals surface area contributed by atoms with Gasteiger partial charge in [0, 0.05) is 58.5 Å². The minimum Gasteiger partial charge on any atom is -0.369 e. The molecule has 0 saturated carbocycles. The summed E-state index contributed by atoms with van der Waals surface area (Å²) >= 11 is 0. The lowest BCUT2D eigenvalue weighted by Crippen LogP contribution is -2.46. The Morgan fingerprint density at radius 3 is 2.44 bits per heavy atom. The highest BCUT2D eigenvalue weighted by Crippen LogP contribution is 2.15. The van der Waals surface area contributed by atoms with Gasteiger partial charge in [0.25, 0.3) is 0 Å². The van der Waals surface area contributed by atoms with Crippen molar-refractivity contribution in [2.45, 2.75) is 39.5 Å². The summed E-state index contributed by atoms with van der Waals surface area (Å²) in [5, 5.41) is 3.41. The molecule has 0 spiro atoms. The molecule has 0 atom stereocenters. The van der Waals surface area contributed by atoms with E-state index in [1.807, 2.05) is 0 Å². The predicted molar refractivity (Wildman–Crippen MR) is 118 cm³/mol. The lowest BCUT2D eigenvalue weighted by molar-refractivity contribution is 0.253. The highest BCUT2D eigenvalue weighted by molar-refractivity contribution is 5.79. The van der Waals surface area contributed by atoms with Crippen LogP contribution >= 0.6 is 0 Å². The summed E-state index contributed by atoms with van der Waals surface area (Å²) < 4.78 is 0. The number of hydrogen-bond donors (Lipinski definition) is 1. The van der Waals surface area contributed by atoms with Crippen LogP contribution in [0.2, 0.25) is 0 Å². The molecule has 27 heavy (non-hydrogen) atoms. The Morgan fingerprint density at radius 2 is 1.78 bits per heavy atom. The molecule has 0 unspecified atom stereocenters. The lowest BCUT2D eigenvalue weighted by Gasteiger charge is -2.36. The number of hydrogen-bond acceptors (Lipinski definition) is 3. The van der Waals surface area contributed by atoms with Crippen LogP contribution in [-0.4, -0.2) is 75.2 Å². The summed E-state index contributed by atoms with van der Waals surface area (Å²) in [5.41, 5.74) is 1.36. The average molecular weight is 374 g/mol. The van der Waals surface area contributed by atoms with Crippen molar-refractivity contribution in [3.63, 3.8) is 0 Å². The van der Waals surface area contributed by atoms with Gasteiger partial charge in [0.2, 0.25) is 0 Å². The Hall–Kier alpha value is -1.75. The minimum atomic E-state index is 0.919. The smallest absolute Gasteiger partial charge is 0.193 e. The third-order valence-electron chi connectivity index (χ3n) is 5.18. The fourth-order valence-corrected chi connectivity index (χ4v) is 3.47. The van der Waals surface area contributed by atoms with E-state index in [-0.39, 0.29) is 0 Å². The lowest BCUT2D eigenvalue weighted by atomic mass is 10.2. The van der Waals surface area contributed by atoms with Crippen molar-refractivity contribution in [3.05, 3.63) is 30.3 Å². The van der Waals surface area contributed by atoms with Gasteiger partial charge >= 0.3 is 0 Å². The molecule has 0 amide bonds. The Bertz CT molecular complexity index is 523. The van der Waals surface area contributed by atoms with E-state index in [4.69, 9.17) is 4.99 Å². The molecule has 1 aliphatic rings. The molecule has 1 N–H and O–H groups in total. The van der Waals surface area contributed by atoms with Gasteiger partial charge in [-0.3, -0.25) is 9.89 Å². The molecule has 5 nitrogen and oxygen atoms in total. The largest absolute Gasteiger partial charge is 0.369 e. The summed E-state index contributed by atoms with van der Waals surface area (Å²) in [4.78, 5) is 12.2. The maximum atomic E-state index is 4.81. The van der Waals surface area contributed by atoms with Crippen LogP contribution in [0.4, 0.5) is 5.69 Å². The number of guanidine groups is 1. The van der Waals surface area contributed by atoms with E-state index < -0.39 is 0 Å². The van der Waals surface area contributed by atoms with Crippen molar-refractivity contribution < 1.29 is 0 Å². The highest BCUT2D eigenvalue weighted by Gasteiger charge is 2.16. The fraction of sp³-hybridized carbons (Fsp3) is 0.682. The van der Waals surface area contributed by atoms with Crippen molar-refractivity contribution in [1.82, 2.24) is 15.1 Å². The fourth-order valence-electron chi connectivity index (χ4n) is 3.47. The molecule has 1 fully saturated rings. The van der Waals surface area contributed by atoms with Crippen molar-refractivity contribution in [3.8, 4) is 0 Å². The van der Waals surface area contributed by atoms with Crippen molar-refractivity contribution in [2.24, 2.45) is 4.99 Å². The average Bonchev–Trinajstić information content (AvgIpc) is 2.72. The second-order valence-corrected chi connectivity index (χ2v) is 7.38. The number of aliphatic imine (C=N–C) groups is 1. The van der Waals surface area contributed by atoms with E-state index in [0.29, 0.717) is 0 Å². The zero-order chi connectivity index (χ0) is 19.3. The first-order valence-electron chi connectivity index (χ1n) is 10.8. The highest BCUT2D eigenvalue weighted by atomic mass is 15.3. The molecule has 1 saturated heterocycles. The topological polar surface area (TPSA) is 34.1 Å². The normalized spacial score (nSPS) is 15.8. The maximum absolute atomic E-state index is 4.81. The van der Waals surface area contributed by atoms with Gasteiger partial charge in [-0.05, 0) is 44.9 Å². The Labute approximate surface area is 166 Å². The van der Waals surface area contributed by atoms with Gasteiger partial charge in [-0.1, -0.05) is 31.5 Å². The van der Waals surface area contributed by atoms with Crippen LogP contribution in [0.5, 0.6) is 0 Å². The molecule has 1 aliphatic heterocycles. The van der Waals surface area contributed by atoms with E-state index in [9.17, 15) is 0 Å². The van der Waals surface area contributed by atoms with Gasteiger partial charge in [-0.2, -0.15) is 0 Å². The van der Waals surface area contributed by atoms with Crippen molar-refractivity contribution in [2.75, 3.05) is 64.3 Å². The van der Waals surface area contributed by atoms with E-state index in [0.717, 1.165) is 45.1 Å². The van der Waals surface area contributed by atoms with Crippen LogP contribution in [0, 0.1) is 0 Å². The van der Waals surface area contributed by atoms with Gasteiger partial charge in [0.05, 0.1) is 0 Å². The maximum Gasteiger partial charge on any atom is 0.193 e. The number of benzene rings is 1. The van der Waals surface area contributed by atoms with Crippen molar-refractivity contribution in [1.29, 1.82) is 0 Å². The first-order valence-corrected chi connectivity index (χ1v) is 10.8. The van der Waals surface area contributed by atoms with Crippen LogP contribution in [0.25, 0.3) is 0 Å². The van der Waals surface area contributed by atoms with Gasteiger partial charge in [0.1, 0.15) is 0 Å². The van der Waals surface area contributed by atoms with Gasteiger partial charge in [-0.25, -0.2) is 0 Å². The van der Waals surface area contributed by atoms with E-state index in [1.165, 1.54) is 44.6 Å². The third kappa shape index (κ3) is 7.79.